The number of anilines is 2. The molecule has 0 aliphatic rings. The van der Waals surface area contributed by atoms with Gasteiger partial charge < -0.3 is 15.6 Å². The second kappa shape index (κ2) is 5.45. The molecule has 0 amide bonds. The summed E-state index contributed by atoms with van der Waals surface area (Å²) in [6.07, 6.45) is 1.04. The number of nitrogens with zero attached hydrogens (tertiary/aromatic N) is 2. The number of nitrogen functional groups attached to an aromatic ring is 1. The van der Waals surface area contributed by atoms with E-state index in [4.69, 9.17) is 10.3 Å². The number of Topliss-reactive ketones (excluding diaryl/α,β-unsaturated/α-hetero) is 1. The van der Waals surface area contributed by atoms with Gasteiger partial charge in [0.1, 0.15) is 9.90 Å². The molecule has 21 heavy (non-hydrogen) atoms. The molecule has 0 saturated heterocycles. The second-order valence-electron chi connectivity index (χ2n) is 4.42. The Balaban J connectivity index is 2.38. The first-order valence-corrected chi connectivity index (χ1v) is 8.57. The molecule has 0 saturated carbocycles. The fourth-order valence-corrected chi connectivity index (χ4v) is 4.20. The molecular formula is C11H14N4O4S2. The van der Waals surface area contributed by atoms with Crippen molar-refractivity contribution in [1.29, 1.82) is 0 Å². The zero-order chi connectivity index (χ0) is 15.8. The van der Waals surface area contributed by atoms with Crippen molar-refractivity contribution in [2.75, 3.05) is 17.3 Å². The predicted molar refractivity (Wildman–Crippen MR) is 78.2 cm³/mol. The fourth-order valence-electron chi connectivity index (χ4n) is 1.74. The first kappa shape index (κ1) is 15.4. The maximum Gasteiger partial charge on any atom is 0.245 e. The lowest BCUT2D eigenvalue weighted by molar-refractivity contribution is 0.102. The zero-order valence-corrected chi connectivity index (χ0v) is 13.3. The normalized spacial score (nSPS) is 11.6. The van der Waals surface area contributed by atoms with Crippen LogP contribution < -0.4 is 11.1 Å². The molecule has 0 spiro atoms. The predicted octanol–water partition coefficient (Wildman–Crippen LogP) is 1.24. The molecule has 0 radical (unpaired) electrons. The van der Waals surface area contributed by atoms with Crippen LogP contribution in [0, 0.1) is 6.92 Å². The van der Waals surface area contributed by atoms with Gasteiger partial charge in [0.05, 0.1) is 17.1 Å². The number of carbonyl (C=O) groups is 1. The van der Waals surface area contributed by atoms with Gasteiger partial charge >= 0.3 is 0 Å². The van der Waals surface area contributed by atoms with Crippen LogP contribution in [0.2, 0.25) is 0 Å². The SMILES string of the molecule is CC(=O)c1sc(NCc2nc(C)no2)c(S(C)(=O)=O)c1N. The van der Waals surface area contributed by atoms with E-state index in [1.54, 1.807) is 6.92 Å². The van der Waals surface area contributed by atoms with Gasteiger partial charge in [0.15, 0.2) is 21.4 Å². The van der Waals surface area contributed by atoms with E-state index < -0.39 is 9.84 Å². The number of hydrogen-bond donors (Lipinski definition) is 2. The fraction of sp³-hybridized carbons (Fsp3) is 0.364. The van der Waals surface area contributed by atoms with Gasteiger partial charge in [-0.15, -0.1) is 11.3 Å². The molecular weight excluding hydrogens is 316 g/mol. The summed E-state index contributed by atoms with van der Waals surface area (Å²) in [7, 11) is -3.57. The standard InChI is InChI=1S/C11H14N4O4S2/c1-5(16)9-8(12)10(21(3,17)18)11(20-9)13-4-7-14-6(2)15-19-7/h13H,4,12H2,1-3H3. The third-order valence-corrected chi connectivity index (χ3v) is 5.12. The van der Waals surface area contributed by atoms with Crippen LogP contribution in [-0.2, 0) is 16.4 Å². The summed E-state index contributed by atoms with van der Waals surface area (Å²) >= 11 is 0.992. The van der Waals surface area contributed by atoms with Gasteiger partial charge in [-0.25, -0.2) is 8.42 Å². The first-order chi connectivity index (χ1) is 9.70. The lowest BCUT2D eigenvalue weighted by Crippen LogP contribution is -2.06. The number of nitrogens with two attached hydrogens (primary N) is 1. The summed E-state index contributed by atoms with van der Waals surface area (Å²) in [6, 6.07) is 0. The van der Waals surface area contributed by atoms with E-state index in [9.17, 15) is 13.2 Å². The summed E-state index contributed by atoms with van der Waals surface area (Å²) in [5, 5.41) is 6.80. The van der Waals surface area contributed by atoms with Gasteiger partial charge in [0, 0.05) is 13.2 Å². The molecule has 2 heterocycles. The van der Waals surface area contributed by atoms with Crippen LogP contribution in [0.1, 0.15) is 28.3 Å². The Bertz CT molecular complexity index is 791. The molecule has 0 bridgehead atoms. The molecule has 114 valence electrons. The van der Waals surface area contributed by atoms with E-state index in [0.29, 0.717) is 11.7 Å². The van der Waals surface area contributed by atoms with Gasteiger partial charge in [-0.3, -0.25) is 4.79 Å². The van der Waals surface area contributed by atoms with Crippen molar-refractivity contribution >= 4 is 37.6 Å². The monoisotopic (exact) mass is 330 g/mol. The highest BCUT2D eigenvalue weighted by atomic mass is 32.2. The lowest BCUT2D eigenvalue weighted by atomic mass is 10.3. The van der Waals surface area contributed by atoms with Crippen LogP contribution in [0.3, 0.4) is 0 Å². The van der Waals surface area contributed by atoms with Gasteiger partial charge in [-0.05, 0) is 6.92 Å². The number of thiophene rings is 1. The lowest BCUT2D eigenvalue weighted by Gasteiger charge is -2.04. The number of carbonyl (C=O) groups excluding carboxylic acids is 1. The Kier molecular flexibility index (Phi) is 4.01. The average Bonchev–Trinajstić information content (AvgIpc) is 2.89. The molecule has 10 heteroatoms. The number of hydrogen-bond acceptors (Lipinski definition) is 9. The highest BCUT2D eigenvalue weighted by molar-refractivity contribution is 7.91. The van der Waals surface area contributed by atoms with Crippen molar-refractivity contribution in [1.82, 2.24) is 10.1 Å². The largest absolute Gasteiger partial charge is 0.396 e. The maximum atomic E-state index is 11.8. The third kappa shape index (κ3) is 3.22. The summed E-state index contributed by atoms with van der Waals surface area (Å²) in [5.41, 5.74) is 5.75. The Morgan fingerprint density at radius 2 is 2.14 bits per heavy atom. The molecule has 0 aromatic carbocycles. The van der Waals surface area contributed by atoms with Crippen molar-refractivity contribution in [3.8, 4) is 0 Å². The van der Waals surface area contributed by atoms with Crippen LogP contribution in [0.15, 0.2) is 9.42 Å². The molecule has 8 nitrogen and oxygen atoms in total. The highest BCUT2D eigenvalue weighted by Gasteiger charge is 2.25. The minimum atomic E-state index is -3.57. The van der Waals surface area contributed by atoms with E-state index in [-0.39, 0.29) is 32.8 Å². The molecule has 2 rings (SSSR count). The van der Waals surface area contributed by atoms with Crippen molar-refractivity contribution in [2.45, 2.75) is 25.3 Å². The number of sulfone groups is 1. The van der Waals surface area contributed by atoms with E-state index >= 15 is 0 Å². The third-order valence-electron chi connectivity index (χ3n) is 2.56. The molecule has 2 aromatic heterocycles. The summed E-state index contributed by atoms with van der Waals surface area (Å²) in [6.45, 7) is 3.14. The molecule has 0 fully saturated rings. The molecule has 0 aliphatic heterocycles. The van der Waals surface area contributed by atoms with Gasteiger partial charge in [0.25, 0.3) is 0 Å². The smallest absolute Gasteiger partial charge is 0.245 e. The Morgan fingerprint density at radius 3 is 2.62 bits per heavy atom. The number of aromatic nitrogens is 2. The van der Waals surface area contributed by atoms with E-state index in [0.717, 1.165) is 17.6 Å². The molecule has 2 aromatic rings. The molecule has 0 aliphatic carbocycles. The van der Waals surface area contributed by atoms with Crippen LogP contribution in [0.25, 0.3) is 0 Å². The van der Waals surface area contributed by atoms with Gasteiger partial charge in [0.2, 0.25) is 5.89 Å². The van der Waals surface area contributed by atoms with E-state index in [1.165, 1.54) is 6.92 Å². The summed E-state index contributed by atoms with van der Waals surface area (Å²) < 4.78 is 28.6. The van der Waals surface area contributed by atoms with E-state index in [1.807, 2.05) is 0 Å². The Morgan fingerprint density at radius 1 is 1.48 bits per heavy atom. The number of ketones is 1. The molecule has 0 unspecified atom stereocenters. The quantitative estimate of drug-likeness (QED) is 0.784. The van der Waals surface area contributed by atoms with Gasteiger partial charge in [-0.1, -0.05) is 5.16 Å². The van der Waals surface area contributed by atoms with Crippen molar-refractivity contribution in [3.05, 3.63) is 16.6 Å². The van der Waals surface area contributed by atoms with Crippen molar-refractivity contribution in [2.24, 2.45) is 0 Å². The van der Waals surface area contributed by atoms with Gasteiger partial charge in [-0.2, -0.15) is 4.98 Å². The van der Waals surface area contributed by atoms with Crippen molar-refractivity contribution in [3.63, 3.8) is 0 Å². The first-order valence-electron chi connectivity index (χ1n) is 5.86. The zero-order valence-electron chi connectivity index (χ0n) is 11.6. The highest BCUT2D eigenvalue weighted by Crippen LogP contribution is 2.39. The van der Waals surface area contributed by atoms with Crippen LogP contribution in [-0.4, -0.2) is 30.6 Å². The minimum absolute atomic E-state index is 0.0285. The molecule has 3 N–H and O–H groups in total. The summed E-state index contributed by atoms with van der Waals surface area (Å²) in [5.74, 6) is 0.498. The number of nitrogens with one attached hydrogen (secondary N) is 1. The Labute approximate surface area is 125 Å². The minimum Gasteiger partial charge on any atom is -0.396 e. The second-order valence-corrected chi connectivity index (χ2v) is 7.39. The van der Waals surface area contributed by atoms with Crippen LogP contribution in [0.4, 0.5) is 10.7 Å². The number of aryl methyl sites for hydroxylation is 1. The topological polar surface area (TPSA) is 128 Å². The molecule has 0 atom stereocenters. The van der Waals surface area contributed by atoms with E-state index in [2.05, 4.69) is 15.5 Å². The van der Waals surface area contributed by atoms with Crippen LogP contribution in [0.5, 0.6) is 0 Å². The maximum absolute atomic E-state index is 11.8. The number of rotatable bonds is 5. The summed E-state index contributed by atoms with van der Waals surface area (Å²) in [4.78, 5) is 15.6. The Hall–Kier alpha value is -1.94. The van der Waals surface area contributed by atoms with Crippen molar-refractivity contribution < 1.29 is 17.7 Å². The van der Waals surface area contributed by atoms with Crippen LogP contribution >= 0.6 is 11.3 Å². The average molecular weight is 330 g/mol.